The Bertz CT molecular complexity index is 485. The van der Waals surface area contributed by atoms with Gasteiger partial charge in [0.15, 0.2) is 5.75 Å². The first-order valence-electron chi connectivity index (χ1n) is 6.04. The quantitative estimate of drug-likeness (QED) is 0.473. The first-order valence-corrected chi connectivity index (χ1v) is 6.67. The van der Waals surface area contributed by atoms with Crippen molar-refractivity contribution in [3.63, 3.8) is 0 Å². The van der Waals surface area contributed by atoms with Crippen LogP contribution in [0.25, 0.3) is 0 Å². The predicted molar refractivity (Wildman–Crippen MR) is 75.6 cm³/mol. The van der Waals surface area contributed by atoms with Crippen molar-refractivity contribution in [1.82, 2.24) is 0 Å². The topological polar surface area (TPSA) is 76.2 Å². The van der Waals surface area contributed by atoms with Crippen molar-refractivity contribution in [3.05, 3.63) is 33.9 Å². The van der Waals surface area contributed by atoms with Gasteiger partial charge in [-0.1, -0.05) is 13.3 Å². The maximum atomic E-state index is 10.9. The number of hydrogen-bond donors (Lipinski definition) is 1. The normalized spacial score (nSPS) is 11.6. The summed E-state index contributed by atoms with van der Waals surface area (Å²) in [5, 5.41) is 19.7. The molecule has 0 spiro atoms. The molecule has 1 rings (SSSR count). The van der Waals surface area contributed by atoms with Crippen LogP contribution in [0.3, 0.4) is 0 Å². The molecule has 1 unspecified atom stereocenters. The third kappa shape index (κ3) is 4.45. The maximum Gasteiger partial charge on any atom is 0.312 e. The fraction of sp³-hybridized carbons (Fsp3) is 0.462. The number of thiol groups is 1. The Balaban J connectivity index is 2.83. The van der Waals surface area contributed by atoms with Crippen LogP contribution in [0.2, 0.25) is 0 Å². The van der Waals surface area contributed by atoms with Crippen molar-refractivity contribution in [3.8, 4) is 11.8 Å². The minimum absolute atomic E-state index is 0.173. The lowest BCUT2D eigenvalue weighted by Gasteiger charge is -2.14. The SMILES string of the molecule is CCCC(CS)COc1ccc(C#N)cc1[N+](=O)[O-]. The summed E-state index contributed by atoms with van der Waals surface area (Å²) in [5.41, 5.74) is 0.0758. The van der Waals surface area contributed by atoms with Crippen LogP contribution in [0.5, 0.6) is 5.75 Å². The molecule has 0 amide bonds. The standard InChI is InChI=1S/C13H16N2O3S/c1-2-3-11(9-19)8-18-13-5-4-10(7-14)6-12(13)15(16)17/h4-6,11,19H,2-3,8-9H2,1H3. The minimum Gasteiger partial charge on any atom is -0.486 e. The largest absolute Gasteiger partial charge is 0.486 e. The Labute approximate surface area is 117 Å². The van der Waals surface area contributed by atoms with Crippen LogP contribution in [-0.2, 0) is 0 Å². The van der Waals surface area contributed by atoms with Crippen LogP contribution >= 0.6 is 12.6 Å². The Morgan fingerprint density at radius 1 is 1.58 bits per heavy atom. The molecule has 1 aromatic carbocycles. The van der Waals surface area contributed by atoms with E-state index in [1.165, 1.54) is 18.2 Å². The zero-order valence-corrected chi connectivity index (χ0v) is 11.6. The minimum atomic E-state index is -0.536. The highest BCUT2D eigenvalue weighted by atomic mass is 32.1. The van der Waals surface area contributed by atoms with Crippen LogP contribution in [0.15, 0.2) is 18.2 Å². The summed E-state index contributed by atoms with van der Waals surface area (Å²) in [4.78, 5) is 10.4. The van der Waals surface area contributed by atoms with E-state index >= 15 is 0 Å². The molecule has 0 saturated heterocycles. The summed E-state index contributed by atoms with van der Waals surface area (Å²) < 4.78 is 5.50. The molecular weight excluding hydrogens is 264 g/mol. The molecule has 0 N–H and O–H groups in total. The molecule has 19 heavy (non-hydrogen) atoms. The van der Waals surface area contributed by atoms with E-state index in [0.717, 1.165) is 12.8 Å². The lowest BCUT2D eigenvalue weighted by atomic mass is 10.1. The van der Waals surface area contributed by atoms with Gasteiger partial charge in [-0.2, -0.15) is 17.9 Å². The van der Waals surface area contributed by atoms with Crippen LogP contribution < -0.4 is 4.74 Å². The summed E-state index contributed by atoms with van der Waals surface area (Å²) in [6, 6.07) is 6.08. The van der Waals surface area contributed by atoms with E-state index in [2.05, 4.69) is 19.6 Å². The average Bonchev–Trinajstić information content (AvgIpc) is 2.43. The van der Waals surface area contributed by atoms with Crippen molar-refractivity contribution < 1.29 is 9.66 Å². The molecule has 0 aliphatic rings. The van der Waals surface area contributed by atoms with Crippen LogP contribution in [0.4, 0.5) is 5.69 Å². The fourth-order valence-corrected chi connectivity index (χ4v) is 1.98. The fourth-order valence-electron chi connectivity index (χ4n) is 1.69. The van der Waals surface area contributed by atoms with Gasteiger partial charge in [-0.15, -0.1) is 0 Å². The number of ether oxygens (including phenoxy) is 1. The zero-order chi connectivity index (χ0) is 14.3. The molecule has 102 valence electrons. The zero-order valence-electron chi connectivity index (χ0n) is 10.7. The smallest absolute Gasteiger partial charge is 0.312 e. The summed E-state index contributed by atoms with van der Waals surface area (Å²) in [7, 11) is 0. The third-order valence-electron chi connectivity index (χ3n) is 2.71. The predicted octanol–water partition coefficient (Wildman–Crippen LogP) is 3.19. The van der Waals surface area contributed by atoms with Gasteiger partial charge in [-0.3, -0.25) is 10.1 Å². The molecule has 0 radical (unpaired) electrons. The van der Waals surface area contributed by atoms with Crippen LogP contribution in [-0.4, -0.2) is 17.3 Å². The molecule has 6 heteroatoms. The van der Waals surface area contributed by atoms with Gasteiger partial charge in [-0.05, 0) is 24.3 Å². The molecule has 0 aromatic heterocycles. The second-order valence-electron chi connectivity index (χ2n) is 4.20. The van der Waals surface area contributed by atoms with Crippen LogP contribution in [0, 0.1) is 27.4 Å². The van der Waals surface area contributed by atoms with Gasteiger partial charge in [0.05, 0.1) is 23.2 Å². The summed E-state index contributed by atoms with van der Waals surface area (Å²) in [6.07, 6.45) is 1.98. The maximum absolute atomic E-state index is 10.9. The van der Waals surface area contributed by atoms with Crippen LogP contribution in [0.1, 0.15) is 25.3 Å². The van der Waals surface area contributed by atoms with E-state index in [4.69, 9.17) is 10.00 Å². The molecule has 0 fully saturated rings. The van der Waals surface area contributed by atoms with Gasteiger partial charge in [0.25, 0.3) is 0 Å². The molecule has 1 atom stereocenters. The van der Waals surface area contributed by atoms with E-state index in [0.29, 0.717) is 12.4 Å². The number of nitro benzene ring substituents is 1. The lowest BCUT2D eigenvalue weighted by molar-refractivity contribution is -0.385. The second-order valence-corrected chi connectivity index (χ2v) is 4.56. The summed E-state index contributed by atoms with van der Waals surface area (Å²) in [5.74, 6) is 1.15. The molecule has 0 saturated carbocycles. The van der Waals surface area contributed by atoms with Gasteiger partial charge >= 0.3 is 5.69 Å². The lowest BCUT2D eigenvalue weighted by Crippen LogP contribution is -2.14. The van der Waals surface area contributed by atoms with Gasteiger partial charge in [0.1, 0.15) is 0 Å². The molecule has 1 aromatic rings. The second kappa shape index (κ2) is 7.64. The summed E-state index contributed by atoms with van der Waals surface area (Å²) >= 11 is 4.24. The number of nitriles is 1. The van der Waals surface area contributed by atoms with Gasteiger partial charge in [-0.25, -0.2) is 0 Å². The molecule has 0 heterocycles. The monoisotopic (exact) mass is 280 g/mol. The van der Waals surface area contributed by atoms with Gasteiger partial charge in [0.2, 0.25) is 0 Å². The first kappa shape index (κ1) is 15.3. The van der Waals surface area contributed by atoms with Crippen molar-refractivity contribution in [2.75, 3.05) is 12.4 Å². The summed E-state index contributed by atoms with van der Waals surface area (Å²) in [6.45, 7) is 2.46. The Morgan fingerprint density at radius 2 is 2.32 bits per heavy atom. The molecular formula is C13H16N2O3S. The van der Waals surface area contributed by atoms with E-state index in [1.54, 1.807) is 0 Å². The van der Waals surface area contributed by atoms with Gasteiger partial charge < -0.3 is 4.74 Å². The highest BCUT2D eigenvalue weighted by Crippen LogP contribution is 2.28. The number of hydrogen-bond acceptors (Lipinski definition) is 5. The highest BCUT2D eigenvalue weighted by Gasteiger charge is 2.17. The number of benzene rings is 1. The molecule has 0 bridgehead atoms. The van der Waals surface area contributed by atoms with Gasteiger partial charge in [0, 0.05) is 12.0 Å². The van der Waals surface area contributed by atoms with Crippen molar-refractivity contribution in [2.45, 2.75) is 19.8 Å². The van der Waals surface area contributed by atoms with Crippen molar-refractivity contribution in [1.29, 1.82) is 5.26 Å². The van der Waals surface area contributed by atoms with E-state index in [1.807, 2.05) is 6.07 Å². The number of nitro groups is 1. The average molecular weight is 280 g/mol. The molecule has 0 aliphatic carbocycles. The number of rotatable bonds is 7. The van der Waals surface area contributed by atoms with Crippen molar-refractivity contribution in [2.24, 2.45) is 5.92 Å². The Morgan fingerprint density at radius 3 is 2.84 bits per heavy atom. The highest BCUT2D eigenvalue weighted by molar-refractivity contribution is 7.80. The van der Waals surface area contributed by atoms with E-state index < -0.39 is 4.92 Å². The van der Waals surface area contributed by atoms with E-state index in [9.17, 15) is 10.1 Å². The Hall–Kier alpha value is -1.74. The Kier molecular flexibility index (Phi) is 6.16. The molecule has 0 aliphatic heterocycles. The number of nitrogens with zero attached hydrogens (tertiary/aromatic N) is 2. The molecule has 5 nitrogen and oxygen atoms in total. The third-order valence-corrected chi connectivity index (χ3v) is 3.23. The van der Waals surface area contributed by atoms with Crippen molar-refractivity contribution >= 4 is 18.3 Å². The van der Waals surface area contributed by atoms with E-state index in [-0.39, 0.29) is 22.9 Å². The first-order chi connectivity index (χ1) is 9.12.